The van der Waals surface area contributed by atoms with E-state index >= 15 is 0 Å². The third-order valence-electron chi connectivity index (χ3n) is 3.74. The minimum atomic E-state index is -4.52. The maximum atomic E-state index is 13.3. The third kappa shape index (κ3) is 2.92. The number of carboxylic acid groups (broad SMARTS) is 1. The highest BCUT2D eigenvalue weighted by atomic mass is 79.9. The molecule has 0 amide bonds. The van der Waals surface area contributed by atoms with Crippen LogP contribution in [0.4, 0.5) is 19.0 Å². The summed E-state index contributed by atoms with van der Waals surface area (Å²) < 4.78 is 41.5. The van der Waals surface area contributed by atoms with Crippen molar-refractivity contribution in [2.24, 2.45) is 0 Å². The standard InChI is InChI=1S/C14H11BrF3N3O2/c15-8-3-1-7(2-4-8)10-5-11(14(16,17)18)21-12(20-10)9(6-19-21)13(22)23/h1-4,6,10-11,20H,5H2,(H,22,23)/t10-,11-/m1/s1. The van der Waals surface area contributed by atoms with Crippen LogP contribution in [0.25, 0.3) is 0 Å². The minimum Gasteiger partial charge on any atom is -0.477 e. The zero-order valence-electron chi connectivity index (χ0n) is 11.5. The number of fused-ring (bicyclic) bond motifs is 1. The third-order valence-corrected chi connectivity index (χ3v) is 4.27. The Morgan fingerprint density at radius 2 is 2.00 bits per heavy atom. The van der Waals surface area contributed by atoms with Gasteiger partial charge in [-0.3, -0.25) is 0 Å². The second-order valence-corrected chi connectivity index (χ2v) is 6.11. The van der Waals surface area contributed by atoms with Crippen LogP contribution in [0.5, 0.6) is 0 Å². The summed E-state index contributed by atoms with van der Waals surface area (Å²) in [5.74, 6) is -1.45. The van der Waals surface area contributed by atoms with Crippen molar-refractivity contribution < 1.29 is 23.1 Å². The molecule has 2 heterocycles. The number of carbonyl (C=O) groups is 1. The molecule has 0 saturated carbocycles. The molecule has 1 aromatic heterocycles. The molecular weight excluding hydrogens is 379 g/mol. The lowest BCUT2D eigenvalue weighted by molar-refractivity contribution is -0.173. The van der Waals surface area contributed by atoms with Gasteiger partial charge in [0.2, 0.25) is 0 Å². The first kappa shape index (κ1) is 15.9. The van der Waals surface area contributed by atoms with Gasteiger partial charge in [0.05, 0.1) is 12.2 Å². The van der Waals surface area contributed by atoms with Crippen molar-refractivity contribution in [3.8, 4) is 0 Å². The molecule has 23 heavy (non-hydrogen) atoms. The number of hydrogen-bond acceptors (Lipinski definition) is 3. The highest BCUT2D eigenvalue weighted by Gasteiger charge is 2.47. The van der Waals surface area contributed by atoms with E-state index < -0.39 is 24.2 Å². The Hall–Kier alpha value is -2.03. The zero-order valence-corrected chi connectivity index (χ0v) is 13.1. The van der Waals surface area contributed by atoms with E-state index in [1.165, 1.54) is 0 Å². The second-order valence-electron chi connectivity index (χ2n) is 5.20. The predicted octanol–water partition coefficient (Wildman–Crippen LogP) is 4.00. The smallest absolute Gasteiger partial charge is 0.410 e. The van der Waals surface area contributed by atoms with Crippen molar-refractivity contribution in [2.75, 3.05) is 5.32 Å². The van der Waals surface area contributed by atoms with E-state index in [1.807, 2.05) is 0 Å². The molecule has 0 unspecified atom stereocenters. The molecule has 122 valence electrons. The SMILES string of the molecule is O=C(O)c1cnn2c1N[C@@H](c1ccc(Br)cc1)C[C@@H]2C(F)(F)F. The lowest BCUT2D eigenvalue weighted by Crippen LogP contribution is -2.36. The Bertz CT molecular complexity index is 743. The van der Waals surface area contributed by atoms with Crippen LogP contribution in [0, 0.1) is 0 Å². The van der Waals surface area contributed by atoms with Crippen LogP contribution in [0.15, 0.2) is 34.9 Å². The lowest BCUT2D eigenvalue weighted by Gasteiger charge is -2.33. The first-order chi connectivity index (χ1) is 10.8. The van der Waals surface area contributed by atoms with E-state index in [2.05, 4.69) is 26.3 Å². The summed E-state index contributed by atoms with van der Waals surface area (Å²) >= 11 is 3.27. The highest BCUT2D eigenvalue weighted by Crippen LogP contribution is 2.44. The topological polar surface area (TPSA) is 67.1 Å². The predicted molar refractivity (Wildman–Crippen MR) is 79.4 cm³/mol. The number of aromatic nitrogens is 2. The van der Waals surface area contributed by atoms with Crippen molar-refractivity contribution in [3.05, 3.63) is 46.1 Å². The molecule has 0 aliphatic carbocycles. The Balaban J connectivity index is 2.05. The molecule has 2 N–H and O–H groups in total. The molecule has 5 nitrogen and oxygen atoms in total. The number of nitrogens with one attached hydrogen (secondary N) is 1. The minimum absolute atomic E-state index is 0.126. The van der Waals surface area contributed by atoms with E-state index in [-0.39, 0.29) is 17.8 Å². The van der Waals surface area contributed by atoms with Crippen molar-refractivity contribution in [2.45, 2.75) is 24.7 Å². The van der Waals surface area contributed by atoms with Gasteiger partial charge in [-0.2, -0.15) is 18.3 Å². The van der Waals surface area contributed by atoms with Crippen LogP contribution < -0.4 is 5.32 Å². The quantitative estimate of drug-likeness (QED) is 0.814. The number of hydrogen-bond donors (Lipinski definition) is 2. The summed E-state index contributed by atoms with van der Waals surface area (Å²) in [6, 6.07) is 4.31. The average Bonchev–Trinajstić information content (AvgIpc) is 2.89. The molecular formula is C14H11BrF3N3O2. The fourth-order valence-electron chi connectivity index (χ4n) is 2.63. The Kier molecular flexibility index (Phi) is 3.83. The van der Waals surface area contributed by atoms with Gasteiger partial charge in [0.1, 0.15) is 11.4 Å². The first-order valence-corrected chi connectivity index (χ1v) is 7.46. The van der Waals surface area contributed by atoms with Crippen LogP contribution >= 0.6 is 15.9 Å². The number of nitrogens with zero attached hydrogens (tertiary/aromatic N) is 2. The Morgan fingerprint density at radius 3 is 2.57 bits per heavy atom. The maximum Gasteiger partial charge on any atom is 0.410 e. The van der Waals surface area contributed by atoms with Crippen molar-refractivity contribution in [3.63, 3.8) is 0 Å². The molecule has 0 spiro atoms. The van der Waals surface area contributed by atoms with Crippen molar-refractivity contribution >= 4 is 27.7 Å². The number of anilines is 1. The average molecular weight is 390 g/mol. The fourth-order valence-corrected chi connectivity index (χ4v) is 2.90. The number of carboxylic acids is 1. The van der Waals surface area contributed by atoms with Crippen LogP contribution in [0.1, 0.15) is 34.4 Å². The summed E-state index contributed by atoms with van der Waals surface area (Å²) in [4.78, 5) is 11.2. The van der Waals surface area contributed by atoms with E-state index in [9.17, 15) is 18.0 Å². The van der Waals surface area contributed by atoms with E-state index in [4.69, 9.17) is 5.11 Å². The van der Waals surface area contributed by atoms with Crippen molar-refractivity contribution in [1.29, 1.82) is 0 Å². The second kappa shape index (κ2) is 5.55. The van der Waals surface area contributed by atoms with Crippen LogP contribution in [-0.4, -0.2) is 27.0 Å². The van der Waals surface area contributed by atoms with Gasteiger partial charge >= 0.3 is 12.1 Å². The van der Waals surface area contributed by atoms with Crippen LogP contribution in [-0.2, 0) is 0 Å². The number of benzene rings is 1. The largest absolute Gasteiger partial charge is 0.477 e. The zero-order chi connectivity index (χ0) is 16.8. The normalized spacial score (nSPS) is 20.7. The van der Waals surface area contributed by atoms with Gasteiger partial charge < -0.3 is 10.4 Å². The van der Waals surface area contributed by atoms with E-state index in [0.29, 0.717) is 10.2 Å². The van der Waals surface area contributed by atoms with Gasteiger partial charge in [0, 0.05) is 10.9 Å². The fraction of sp³-hybridized carbons (Fsp3) is 0.286. The van der Waals surface area contributed by atoms with Crippen LogP contribution in [0.2, 0.25) is 0 Å². The summed E-state index contributed by atoms with van der Waals surface area (Å²) in [6.07, 6.45) is -3.85. The van der Waals surface area contributed by atoms with E-state index in [0.717, 1.165) is 10.7 Å². The Labute approximate surface area is 137 Å². The summed E-state index contributed by atoms with van der Waals surface area (Å²) in [6.45, 7) is 0. The van der Waals surface area contributed by atoms with E-state index in [1.54, 1.807) is 24.3 Å². The van der Waals surface area contributed by atoms with Crippen LogP contribution in [0.3, 0.4) is 0 Å². The molecule has 3 rings (SSSR count). The first-order valence-electron chi connectivity index (χ1n) is 6.67. The van der Waals surface area contributed by atoms with Crippen molar-refractivity contribution in [1.82, 2.24) is 9.78 Å². The number of rotatable bonds is 2. The monoisotopic (exact) mass is 389 g/mol. The van der Waals surface area contributed by atoms with Gasteiger partial charge in [0.25, 0.3) is 0 Å². The number of alkyl halides is 3. The summed E-state index contributed by atoms with van der Waals surface area (Å²) in [5, 5.41) is 15.6. The molecule has 0 radical (unpaired) electrons. The highest BCUT2D eigenvalue weighted by molar-refractivity contribution is 9.10. The maximum absolute atomic E-state index is 13.3. The molecule has 0 bridgehead atoms. The lowest BCUT2D eigenvalue weighted by atomic mass is 9.96. The number of halogens is 4. The van der Waals surface area contributed by atoms with Gasteiger partial charge in [-0.15, -0.1) is 0 Å². The molecule has 2 atom stereocenters. The van der Waals surface area contributed by atoms with Gasteiger partial charge in [-0.1, -0.05) is 28.1 Å². The molecule has 0 saturated heterocycles. The Morgan fingerprint density at radius 1 is 1.35 bits per heavy atom. The molecule has 1 aliphatic heterocycles. The summed E-state index contributed by atoms with van der Waals surface area (Å²) in [5.41, 5.74) is 0.368. The van der Waals surface area contributed by atoms with Gasteiger partial charge in [0.15, 0.2) is 6.04 Å². The molecule has 2 aromatic rings. The molecule has 9 heteroatoms. The molecule has 1 aliphatic rings. The molecule has 0 fully saturated rings. The summed E-state index contributed by atoms with van der Waals surface area (Å²) in [7, 11) is 0. The molecule has 1 aromatic carbocycles. The number of aromatic carboxylic acids is 1. The van der Waals surface area contributed by atoms with Gasteiger partial charge in [-0.25, -0.2) is 9.48 Å². The van der Waals surface area contributed by atoms with Gasteiger partial charge in [-0.05, 0) is 17.7 Å².